The van der Waals surface area contributed by atoms with Crippen LogP contribution in [0.1, 0.15) is 18.7 Å². The molecular weight excluding hydrogens is 332 g/mol. The molecule has 128 valence electrons. The molecule has 0 saturated carbocycles. The Morgan fingerprint density at radius 3 is 2.56 bits per heavy atom. The Hall–Kier alpha value is -2.50. The molecule has 0 radical (unpaired) electrons. The van der Waals surface area contributed by atoms with Crippen molar-refractivity contribution in [2.45, 2.75) is 22.8 Å². The second kappa shape index (κ2) is 8.55. The van der Waals surface area contributed by atoms with E-state index in [-0.39, 0.29) is 18.5 Å². The van der Waals surface area contributed by atoms with E-state index in [2.05, 4.69) is 22.8 Å². The summed E-state index contributed by atoms with van der Waals surface area (Å²) in [6.07, 6.45) is 1.63. The first kappa shape index (κ1) is 17.3. The van der Waals surface area contributed by atoms with Crippen LogP contribution in [0.2, 0.25) is 0 Å². The van der Waals surface area contributed by atoms with Crippen LogP contribution < -0.4 is 10.6 Å². The van der Waals surface area contributed by atoms with E-state index in [9.17, 15) is 4.79 Å². The molecule has 0 aliphatic rings. The lowest BCUT2D eigenvalue weighted by atomic mass is 10.2. The zero-order valence-electron chi connectivity index (χ0n) is 13.9. The molecular formula is C20H20N2O2S. The molecule has 0 bridgehead atoms. The predicted molar refractivity (Wildman–Crippen MR) is 101 cm³/mol. The summed E-state index contributed by atoms with van der Waals surface area (Å²) in [5.74, 6) is 0.729. The van der Waals surface area contributed by atoms with Crippen LogP contribution in [0.5, 0.6) is 0 Å². The van der Waals surface area contributed by atoms with Gasteiger partial charge in [0.15, 0.2) is 0 Å². The van der Waals surface area contributed by atoms with Crippen LogP contribution in [0.15, 0.2) is 87.2 Å². The van der Waals surface area contributed by atoms with Crippen LogP contribution in [-0.4, -0.2) is 12.5 Å². The summed E-state index contributed by atoms with van der Waals surface area (Å²) < 4.78 is 5.33. The van der Waals surface area contributed by atoms with E-state index in [0.717, 1.165) is 21.2 Å². The van der Waals surface area contributed by atoms with Crippen molar-refractivity contribution in [3.05, 3.63) is 78.8 Å². The number of hydrogen-bond acceptors (Lipinski definition) is 4. The topological polar surface area (TPSA) is 54.3 Å². The summed E-state index contributed by atoms with van der Waals surface area (Å²) >= 11 is 1.63. The maximum Gasteiger partial charge on any atom is 0.238 e. The highest BCUT2D eigenvalue weighted by Crippen LogP contribution is 2.33. The number of carbonyl (C=O) groups excluding carboxylic acids is 1. The van der Waals surface area contributed by atoms with Gasteiger partial charge in [-0.25, -0.2) is 0 Å². The third kappa shape index (κ3) is 4.98. The largest absolute Gasteiger partial charge is 0.468 e. The number of rotatable bonds is 7. The maximum absolute atomic E-state index is 12.3. The summed E-state index contributed by atoms with van der Waals surface area (Å²) in [5, 5.41) is 6.14. The summed E-state index contributed by atoms with van der Waals surface area (Å²) in [5.41, 5.74) is 0.814. The lowest BCUT2D eigenvalue weighted by Gasteiger charge is -2.13. The van der Waals surface area contributed by atoms with E-state index >= 15 is 0 Å². The number of furan rings is 1. The fraction of sp³-hybridized carbons (Fsp3) is 0.150. The Labute approximate surface area is 151 Å². The third-order valence-corrected chi connectivity index (χ3v) is 4.75. The van der Waals surface area contributed by atoms with Crippen molar-refractivity contribution in [3.8, 4) is 0 Å². The molecule has 0 fully saturated rings. The van der Waals surface area contributed by atoms with Crippen LogP contribution in [0.3, 0.4) is 0 Å². The molecule has 0 saturated heterocycles. The monoisotopic (exact) mass is 352 g/mol. The SMILES string of the molecule is C[C@H](NCC(=O)Nc1ccccc1Sc1ccccc1)c1ccco1. The lowest BCUT2D eigenvalue weighted by molar-refractivity contribution is -0.115. The molecule has 25 heavy (non-hydrogen) atoms. The third-order valence-electron chi connectivity index (χ3n) is 3.67. The maximum atomic E-state index is 12.3. The van der Waals surface area contributed by atoms with Gasteiger partial charge >= 0.3 is 0 Å². The number of anilines is 1. The number of amides is 1. The molecule has 1 atom stereocenters. The van der Waals surface area contributed by atoms with E-state index in [0.29, 0.717) is 0 Å². The first-order chi connectivity index (χ1) is 12.2. The van der Waals surface area contributed by atoms with Gasteiger partial charge in [0.2, 0.25) is 5.91 Å². The lowest BCUT2D eigenvalue weighted by Crippen LogP contribution is -2.30. The number of para-hydroxylation sites is 1. The normalized spacial score (nSPS) is 11.9. The molecule has 0 aliphatic heterocycles. The molecule has 1 aromatic heterocycles. The Balaban J connectivity index is 1.59. The Morgan fingerprint density at radius 2 is 1.80 bits per heavy atom. The van der Waals surface area contributed by atoms with Crippen LogP contribution in [0.25, 0.3) is 0 Å². The molecule has 0 aliphatic carbocycles. The Morgan fingerprint density at radius 1 is 1.04 bits per heavy atom. The standard InChI is InChI=1S/C20H20N2O2S/c1-15(18-11-7-13-24-18)21-14-20(23)22-17-10-5-6-12-19(17)25-16-8-3-2-4-9-16/h2-13,15,21H,14H2,1H3,(H,22,23)/t15-/m0/s1. The zero-order chi connectivity index (χ0) is 17.5. The van der Waals surface area contributed by atoms with Crippen LogP contribution in [0.4, 0.5) is 5.69 Å². The van der Waals surface area contributed by atoms with Gasteiger partial charge in [-0.2, -0.15) is 0 Å². The first-order valence-corrected chi connectivity index (χ1v) is 8.92. The Kier molecular flexibility index (Phi) is 5.93. The van der Waals surface area contributed by atoms with Crippen LogP contribution in [-0.2, 0) is 4.79 Å². The molecule has 2 aromatic carbocycles. The highest BCUT2D eigenvalue weighted by atomic mass is 32.2. The molecule has 5 heteroatoms. The van der Waals surface area contributed by atoms with Gasteiger partial charge in [-0.05, 0) is 43.3 Å². The van der Waals surface area contributed by atoms with E-state index in [1.807, 2.05) is 61.5 Å². The molecule has 4 nitrogen and oxygen atoms in total. The molecule has 3 aromatic rings. The summed E-state index contributed by atoms with van der Waals surface area (Å²) in [6.45, 7) is 2.18. The van der Waals surface area contributed by atoms with Crippen molar-refractivity contribution < 1.29 is 9.21 Å². The smallest absolute Gasteiger partial charge is 0.238 e. The average molecular weight is 352 g/mol. The molecule has 2 N–H and O–H groups in total. The quantitative estimate of drug-likeness (QED) is 0.646. The van der Waals surface area contributed by atoms with Gasteiger partial charge in [-0.1, -0.05) is 42.1 Å². The van der Waals surface area contributed by atoms with Gasteiger partial charge in [0.05, 0.1) is 24.5 Å². The van der Waals surface area contributed by atoms with E-state index < -0.39 is 0 Å². The Bertz CT molecular complexity index is 804. The highest BCUT2D eigenvalue weighted by molar-refractivity contribution is 7.99. The highest BCUT2D eigenvalue weighted by Gasteiger charge is 2.11. The fourth-order valence-electron chi connectivity index (χ4n) is 2.35. The van der Waals surface area contributed by atoms with Crippen molar-refractivity contribution in [3.63, 3.8) is 0 Å². The van der Waals surface area contributed by atoms with Crippen molar-refractivity contribution in [1.82, 2.24) is 5.32 Å². The summed E-state index contributed by atoms with van der Waals surface area (Å²) in [6, 6.07) is 21.6. The number of benzene rings is 2. The minimum atomic E-state index is -0.0838. The molecule has 3 rings (SSSR count). The van der Waals surface area contributed by atoms with Crippen LogP contribution in [0, 0.1) is 0 Å². The predicted octanol–water partition coefficient (Wildman–Crippen LogP) is 4.72. The van der Waals surface area contributed by atoms with E-state index in [1.165, 1.54) is 0 Å². The first-order valence-electron chi connectivity index (χ1n) is 8.11. The van der Waals surface area contributed by atoms with Crippen molar-refractivity contribution >= 4 is 23.4 Å². The van der Waals surface area contributed by atoms with Gasteiger partial charge in [-0.3, -0.25) is 10.1 Å². The molecule has 0 spiro atoms. The molecule has 1 amide bonds. The van der Waals surface area contributed by atoms with Crippen molar-refractivity contribution in [1.29, 1.82) is 0 Å². The zero-order valence-corrected chi connectivity index (χ0v) is 14.8. The minimum Gasteiger partial charge on any atom is -0.468 e. The van der Waals surface area contributed by atoms with Gasteiger partial charge in [0.1, 0.15) is 5.76 Å². The number of hydrogen-bond donors (Lipinski definition) is 2. The van der Waals surface area contributed by atoms with Crippen molar-refractivity contribution in [2.24, 2.45) is 0 Å². The fourth-order valence-corrected chi connectivity index (χ4v) is 3.28. The average Bonchev–Trinajstić information content (AvgIpc) is 3.17. The van der Waals surface area contributed by atoms with Gasteiger partial charge < -0.3 is 9.73 Å². The van der Waals surface area contributed by atoms with E-state index in [1.54, 1.807) is 18.0 Å². The summed E-state index contributed by atoms with van der Waals surface area (Å²) in [7, 11) is 0. The second-order valence-corrected chi connectivity index (χ2v) is 6.69. The summed E-state index contributed by atoms with van der Waals surface area (Å²) in [4.78, 5) is 14.4. The van der Waals surface area contributed by atoms with Crippen LogP contribution >= 0.6 is 11.8 Å². The van der Waals surface area contributed by atoms with E-state index in [4.69, 9.17) is 4.42 Å². The number of carbonyl (C=O) groups is 1. The van der Waals surface area contributed by atoms with Gasteiger partial charge in [0, 0.05) is 9.79 Å². The second-order valence-electron chi connectivity index (χ2n) is 5.58. The molecule has 0 unspecified atom stereocenters. The molecule has 1 heterocycles. The van der Waals surface area contributed by atoms with Gasteiger partial charge in [0.25, 0.3) is 0 Å². The van der Waals surface area contributed by atoms with Gasteiger partial charge in [-0.15, -0.1) is 0 Å². The minimum absolute atomic E-state index is 0.0188. The number of nitrogens with one attached hydrogen (secondary N) is 2. The van der Waals surface area contributed by atoms with Crippen molar-refractivity contribution in [2.75, 3.05) is 11.9 Å².